The first-order chi connectivity index (χ1) is 25.7. The van der Waals surface area contributed by atoms with Crippen LogP contribution in [-0.2, 0) is 19.1 Å². The van der Waals surface area contributed by atoms with E-state index in [2.05, 4.69) is 43.8 Å². The first-order valence-corrected chi connectivity index (χ1v) is 17.4. The van der Waals surface area contributed by atoms with Crippen molar-refractivity contribution in [3.63, 3.8) is 0 Å². The maximum Gasteiger partial charge on any atom is 0.330 e. The molecule has 0 saturated carbocycles. The molecule has 0 aliphatic rings. The van der Waals surface area contributed by atoms with Gasteiger partial charge in [-0.3, -0.25) is 0 Å². The summed E-state index contributed by atoms with van der Waals surface area (Å²) in [5.41, 5.74) is 4.63. The van der Waals surface area contributed by atoms with Gasteiger partial charge in [-0.05, 0) is 117 Å². The molecule has 4 aromatic rings. The molecule has 0 heterocycles. The fourth-order valence-corrected chi connectivity index (χ4v) is 4.78. The number of rotatable bonds is 20. The smallest absolute Gasteiger partial charge is 0.330 e. The lowest BCUT2D eigenvalue weighted by Crippen LogP contribution is -2.04. The standard InChI is InChI=1S/C39H38Cl2N6O6/c1-4-38(48)52-22-8-6-20-50-36-18-15-31(25-33(36)40)45-42-28-10-12-29(13-11-28)43-47-35-17-14-30(24-27(35)3)44-46-32-16-19-37(34(41)26-32)51-21-7-9-23-53-39(49)5-2/h4-5,10-19,24-26H,1-2,6-9,20-23H2,3H3. The molecule has 0 unspecified atom stereocenters. The molecule has 4 aromatic carbocycles. The maximum absolute atomic E-state index is 11.1. The minimum absolute atomic E-state index is 0.309. The molecule has 0 N–H and O–H groups in total. The molecule has 0 aliphatic heterocycles. The van der Waals surface area contributed by atoms with Gasteiger partial charge in [0.25, 0.3) is 0 Å². The van der Waals surface area contributed by atoms with Gasteiger partial charge in [0.1, 0.15) is 11.5 Å². The number of benzene rings is 4. The summed E-state index contributed by atoms with van der Waals surface area (Å²) in [5.74, 6) is 0.192. The minimum atomic E-state index is -0.439. The monoisotopic (exact) mass is 756 g/mol. The van der Waals surface area contributed by atoms with E-state index in [-0.39, 0.29) is 0 Å². The molecule has 0 radical (unpaired) electrons. The Morgan fingerprint density at radius 2 is 0.925 bits per heavy atom. The van der Waals surface area contributed by atoms with Crippen molar-refractivity contribution in [1.82, 2.24) is 0 Å². The van der Waals surface area contributed by atoms with E-state index in [0.29, 0.717) is 108 Å². The lowest BCUT2D eigenvalue weighted by atomic mass is 10.2. The fourth-order valence-electron chi connectivity index (χ4n) is 4.32. The molecule has 0 aliphatic carbocycles. The van der Waals surface area contributed by atoms with Crippen molar-refractivity contribution in [1.29, 1.82) is 0 Å². The lowest BCUT2D eigenvalue weighted by molar-refractivity contribution is -0.138. The number of nitrogens with zero attached hydrogens (tertiary/aromatic N) is 6. The van der Waals surface area contributed by atoms with Gasteiger partial charge in [-0.2, -0.15) is 30.7 Å². The highest BCUT2D eigenvalue weighted by atomic mass is 35.5. The molecule has 0 bridgehead atoms. The number of carbonyl (C=O) groups is 2. The van der Waals surface area contributed by atoms with Gasteiger partial charge in [0.05, 0.1) is 70.6 Å². The second-order valence-electron chi connectivity index (χ2n) is 11.2. The molecule has 4 rings (SSSR count). The van der Waals surface area contributed by atoms with E-state index in [0.717, 1.165) is 17.7 Å². The Bertz CT molecular complexity index is 1970. The van der Waals surface area contributed by atoms with Crippen LogP contribution in [0.1, 0.15) is 31.2 Å². The highest BCUT2D eigenvalue weighted by Crippen LogP contribution is 2.33. The Morgan fingerprint density at radius 3 is 1.36 bits per heavy atom. The van der Waals surface area contributed by atoms with E-state index in [1.165, 1.54) is 0 Å². The molecule has 0 spiro atoms. The minimum Gasteiger partial charge on any atom is -0.492 e. The van der Waals surface area contributed by atoms with Crippen LogP contribution in [0.4, 0.5) is 34.1 Å². The zero-order chi connectivity index (χ0) is 37.8. The van der Waals surface area contributed by atoms with Crippen LogP contribution in [0, 0.1) is 6.92 Å². The Labute approximate surface area is 317 Å². The second kappa shape index (κ2) is 21.6. The summed E-state index contributed by atoms with van der Waals surface area (Å²) in [6.45, 7) is 10.1. The van der Waals surface area contributed by atoms with Crippen molar-refractivity contribution in [2.75, 3.05) is 26.4 Å². The predicted octanol–water partition coefficient (Wildman–Crippen LogP) is 12.3. The molecule has 0 saturated heterocycles. The quantitative estimate of drug-likeness (QED) is 0.0379. The summed E-state index contributed by atoms with van der Waals surface area (Å²) >= 11 is 12.7. The number of esters is 2. The van der Waals surface area contributed by atoms with Crippen molar-refractivity contribution < 1.29 is 28.5 Å². The van der Waals surface area contributed by atoms with Crippen molar-refractivity contribution in [3.8, 4) is 11.5 Å². The Morgan fingerprint density at radius 1 is 0.547 bits per heavy atom. The van der Waals surface area contributed by atoms with Crippen molar-refractivity contribution >= 4 is 69.3 Å². The maximum atomic E-state index is 11.1. The van der Waals surface area contributed by atoms with Gasteiger partial charge in [0.15, 0.2) is 0 Å². The van der Waals surface area contributed by atoms with Crippen LogP contribution in [0.25, 0.3) is 0 Å². The molecular weight excluding hydrogens is 719 g/mol. The van der Waals surface area contributed by atoms with Crippen LogP contribution in [-0.4, -0.2) is 38.4 Å². The molecule has 0 amide bonds. The fraction of sp³-hybridized carbons (Fsp3) is 0.231. The average molecular weight is 758 g/mol. The third-order valence-corrected chi connectivity index (χ3v) is 7.70. The molecule has 274 valence electrons. The molecule has 0 fully saturated rings. The van der Waals surface area contributed by atoms with E-state index in [1.54, 1.807) is 66.7 Å². The molecule has 14 heteroatoms. The largest absolute Gasteiger partial charge is 0.492 e. The number of carbonyl (C=O) groups excluding carboxylic acids is 2. The molecule has 0 aromatic heterocycles. The van der Waals surface area contributed by atoms with Crippen molar-refractivity contribution in [3.05, 3.63) is 120 Å². The van der Waals surface area contributed by atoms with E-state index >= 15 is 0 Å². The summed E-state index contributed by atoms with van der Waals surface area (Å²) in [6.07, 6.45) is 5.00. The SMILES string of the molecule is C=CC(=O)OCCCCOc1ccc(N=Nc2ccc(N=Nc3ccc(N=Nc4ccc(OCCCCOC(=O)C=C)c(Cl)c4)cc3C)cc2)cc1Cl. The number of unbranched alkanes of at least 4 members (excludes halogenated alkanes) is 2. The Kier molecular flexibility index (Phi) is 16.3. The Balaban J connectivity index is 1.23. The number of ether oxygens (including phenoxy) is 4. The zero-order valence-corrected chi connectivity index (χ0v) is 30.6. The van der Waals surface area contributed by atoms with Crippen LogP contribution in [0.15, 0.2) is 135 Å². The van der Waals surface area contributed by atoms with E-state index in [4.69, 9.17) is 42.1 Å². The number of hydrogen-bond donors (Lipinski definition) is 0. The van der Waals surface area contributed by atoms with E-state index in [1.807, 2.05) is 19.1 Å². The summed E-state index contributed by atoms with van der Waals surface area (Å²) in [5, 5.41) is 26.7. The van der Waals surface area contributed by atoms with Gasteiger partial charge < -0.3 is 18.9 Å². The molecule has 12 nitrogen and oxygen atoms in total. The van der Waals surface area contributed by atoms with Gasteiger partial charge in [-0.15, -0.1) is 0 Å². The summed E-state index contributed by atoms with van der Waals surface area (Å²) in [4.78, 5) is 22.1. The highest BCUT2D eigenvalue weighted by Gasteiger charge is 2.06. The first kappa shape index (κ1) is 40.1. The van der Waals surface area contributed by atoms with E-state index < -0.39 is 11.9 Å². The van der Waals surface area contributed by atoms with Gasteiger partial charge in [-0.25, -0.2) is 9.59 Å². The summed E-state index contributed by atoms with van der Waals surface area (Å²) < 4.78 is 21.3. The van der Waals surface area contributed by atoms with Gasteiger partial charge in [-0.1, -0.05) is 36.4 Å². The molecular formula is C39H38Cl2N6O6. The van der Waals surface area contributed by atoms with Crippen LogP contribution < -0.4 is 9.47 Å². The highest BCUT2D eigenvalue weighted by molar-refractivity contribution is 6.32. The summed E-state index contributed by atoms with van der Waals surface area (Å²) in [7, 11) is 0. The normalized spacial score (nSPS) is 11.2. The average Bonchev–Trinajstić information content (AvgIpc) is 3.16. The number of aryl methyl sites for hydroxylation is 1. The number of hydrogen-bond acceptors (Lipinski definition) is 12. The summed E-state index contributed by atoms with van der Waals surface area (Å²) in [6, 6.07) is 23.0. The lowest BCUT2D eigenvalue weighted by Gasteiger charge is -2.08. The van der Waals surface area contributed by atoms with Crippen LogP contribution >= 0.6 is 23.2 Å². The van der Waals surface area contributed by atoms with Crippen LogP contribution in [0.2, 0.25) is 10.0 Å². The zero-order valence-electron chi connectivity index (χ0n) is 29.1. The van der Waals surface area contributed by atoms with E-state index in [9.17, 15) is 9.59 Å². The predicted molar refractivity (Wildman–Crippen MR) is 205 cm³/mol. The molecule has 53 heavy (non-hydrogen) atoms. The van der Waals surface area contributed by atoms with Crippen molar-refractivity contribution in [2.45, 2.75) is 32.6 Å². The van der Waals surface area contributed by atoms with Gasteiger partial charge in [0, 0.05) is 12.2 Å². The van der Waals surface area contributed by atoms with Gasteiger partial charge >= 0.3 is 11.9 Å². The second-order valence-corrected chi connectivity index (χ2v) is 12.0. The Hall–Kier alpha value is -5.72. The third kappa shape index (κ3) is 14.1. The van der Waals surface area contributed by atoms with Crippen molar-refractivity contribution in [2.24, 2.45) is 30.7 Å². The topological polar surface area (TPSA) is 145 Å². The first-order valence-electron chi connectivity index (χ1n) is 16.6. The number of azo groups is 3. The van der Waals surface area contributed by atoms with Gasteiger partial charge in [0.2, 0.25) is 0 Å². The number of halogens is 2. The molecule has 0 atom stereocenters. The third-order valence-electron chi connectivity index (χ3n) is 7.11. The van der Waals surface area contributed by atoms with Crippen LogP contribution in [0.5, 0.6) is 11.5 Å². The van der Waals surface area contributed by atoms with Crippen LogP contribution in [0.3, 0.4) is 0 Å².